The van der Waals surface area contributed by atoms with Gasteiger partial charge in [0.25, 0.3) is 0 Å². The van der Waals surface area contributed by atoms with Crippen molar-refractivity contribution >= 4 is 11.3 Å². The number of hydrogen-bond donors (Lipinski definition) is 2. The number of thiophene rings is 1. The summed E-state index contributed by atoms with van der Waals surface area (Å²) in [7, 11) is 0. The Bertz CT molecular complexity index is 397. The Morgan fingerprint density at radius 3 is 2.44 bits per heavy atom. The lowest BCUT2D eigenvalue weighted by Gasteiger charge is -2.15. The third-order valence-electron chi connectivity index (χ3n) is 2.62. The van der Waals surface area contributed by atoms with E-state index in [0.717, 1.165) is 12.8 Å². The average Bonchev–Trinajstić information content (AvgIpc) is 2.82. The topological polar surface area (TPSA) is 38.0 Å². The van der Waals surface area contributed by atoms with Crippen molar-refractivity contribution in [2.45, 2.75) is 18.9 Å². The predicted octanol–water partition coefficient (Wildman–Crippen LogP) is 2.37. The molecule has 0 fully saturated rings. The molecule has 3 N–H and O–H groups in total. The molecule has 0 amide bonds. The molecular formula is C13H16N2S. The summed E-state index contributed by atoms with van der Waals surface area (Å²) in [4.78, 5) is 0. The lowest BCUT2D eigenvalue weighted by atomic mass is 10.0. The van der Waals surface area contributed by atoms with E-state index in [9.17, 15) is 0 Å². The lowest BCUT2D eigenvalue weighted by molar-refractivity contribution is 0.523. The fourth-order valence-corrected chi connectivity index (χ4v) is 2.46. The normalized spacial score (nSPS) is 12.6. The van der Waals surface area contributed by atoms with E-state index in [1.807, 2.05) is 6.07 Å². The van der Waals surface area contributed by atoms with Gasteiger partial charge in [0, 0.05) is 6.04 Å². The highest BCUT2D eigenvalue weighted by Crippen LogP contribution is 2.11. The molecule has 2 nitrogen and oxygen atoms in total. The first-order chi connectivity index (χ1) is 7.88. The second-order valence-corrected chi connectivity index (χ2v) is 4.67. The molecule has 0 spiro atoms. The summed E-state index contributed by atoms with van der Waals surface area (Å²) in [5, 5.41) is 4.28. The van der Waals surface area contributed by atoms with Crippen LogP contribution in [0.4, 0.5) is 0 Å². The number of hydrogen-bond acceptors (Lipinski definition) is 3. The monoisotopic (exact) mass is 232 g/mol. The van der Waals surface area contributed by atoms with Crippen molar-refractivity contribution in [2.24, 2.45) is 5.84 Å². The Labute approximate surface area is 100 Å². The van der Waals surface area contributed by atoms with Crippen LogP contribution in [0.25, 0.3) is 0 Å². The van der Waals surface area contributed by atoms with Crippen LogP contribution in [0.3, 0.4) is 0 Å². The van der Waals surface area contributed by atoms with Crippen molar-refractivity contribution in [1.29, 1.82) is 0 Å². The summed E-state index contributed by atoms with van der Waals surface area (Å²) in [6.45, 7) is 0. The number of benzene rings is 1. The van der Waals surface area contributed by atoms with Gasteiger partial charge in [-0.05, 0) is 40.8 Å². The minimum atomic E-state index is 0.303. The Kier molecular flexibility index (Phi) is 4.10. The van der Waals surface area contributed by atoms with Gasteiger partial charge in [-0.3, -0.25) is 11.3 Å². The van der Waals surface area contributed by atoms with E-state index < -0.39 is 0 Å². The van der Waals surface area contributed by atoms with E-state index >= 15 is 0 Å². The predicted molar refractivity (Wildman–Crippen MR) is 69.3 cm³/mol. The van der Waals surface area contributed by atoms with Crippen LogP contribution in [0.2, 0.25) is 0 Å². The highest BCUT2D eigenvalue weighted by molar-refractivity contribution is 7.07. The van der Waals surface area contributed by atoms with Crippen LogP contribution in [-0.2, 0) is 12.8 Å². The summed E-state index contributed by atoms with van der Waals surface area (Å²) in [5.74, 6) is 5.59. The molecule has 0 radical (unpaired) electrons. The van der Waals surface area contributed by atoms with E-state index in [1.165, 1.54) is 11.1 Å². The summed E-state index contributed by atoms with van der Waals surface area (Å²) in [6.07, 6.45) is 1.95. The van der Waals surface area contributed by atoms with E-state index in [1.54, 1.807) is 11.3 Å². The maximum Gasteiger partial charge on any atom is 0.0291 e. The first kappa shape index (κ1) is 11.3. The molecule has 3 heteroatoms. The fraction of sp³-hybridized carbons (Fsp3) is 0.231. The van der Waals surface area contributed by atoms with Crippen LogP contribution in [0.5, 0.6) is 0 Å². The molecule has 0 aliphatic heterocycles. The molecule has 0 aliphatic rings. The van der Waals surface area contributed by atoms with Gasteiger partial charge in [0.2, 0.25) is 0 Å². The van der Waals surface area contributed by atoms with Crippen molar-refractivity contribution in [3.63, 3.8) is 0 Å². The minimum absolute atomic E-state index is 0.303. The van der Waals surface area contributed by atoms with Crippen LogP contribution in [-0.4, -0.2) is 6.04 Å². The zero-order chi connectivity index (χ0) is 11.2. The van der Waals surface area contributed by atoms with Gasteiger partial charge in [-0.25, -0.2) is 0 Å². The first-order valence-corrected chi connectivity index (χ1v) is 6.34. The zero-order valence-corrected chi connectivity index (χ0v) is 9.91. The number of nitrogens with one attached hydrogen (secondary N) is 1. The maximum absolute atomic E-state index is 5.59. The van der Waals surface area contributed by atoms with Crippen molar-refractivity contribution in [1.82, 2.24) is 5.43 Å². The summed E-state index contributed by atoms with van der Waals surface area (Å²) in [6, 6.07) is 12.9. The molecular weight excluding hydrogens is 216 g/mol. The molecule has 0 bridgehead atoms. The molecule has 2 aromatic rings. The largest absolute Gasteiger partial charge is 0.271 e. The molecule has 1 aromatic carbocycles. The van der Waals surface area contributed by atoms with Gasteiger partial charge < -0.3 is 0 Å². The average molecular weight is 232 g/mol. The second kappa shape index (κ2) is 5.80. The van der Waals surface area contributed by atoms with Gasteiger partial charge in [-0.15, -0.1) is 0 Å². The van der Waals surface area contributed by atoms with Gasteiger partial charge in [0.05, 0.1) is 0 Å². The third-order valence-corrected chi connectivity index (χ3v) is 3.35. The zero-order valence-electron chi connectivity index (χ0n) is 9.10. The van der Waals surface area contributed by atoms with Gasteiger partial charge in [0.15, 0.2) is 0 Å². The first-order valence-electron chi connectivity index (χ1n) is 5.39. The van der Waals surface area contributed by atoms with E-state index in [4.69, 9.17) is 5.84 Å². The molecule has 0 saturated carbocycles. The van der Waals surface area contributed by atoms with Crippen LogP contribution in [0.1, 0.15) is 11.1 Å². The summed E-state index contributed by atoms with van der Waals surface area (Å²) < 4.78 is 0. The van der Waals surface area contributed by atoms with Crippen LogP contribution in [0.15, 0.2) is 47.2 Å². The third kappa shape index (κ3) is 3.17. The summed E-state index contributed by atoms with van der Waals surface area (Å²) in [5.41, 5.74) is 5.56. The van der Waals surface area contributed by atoms with E-state index in [2.05, 4.69) is 46.5 Å². The van der Waals surface area contributed by atoms with Crippen LogP contribution in [0, 0.1) is 0 Å². The molecule has 1 aromatic heterocycles. The van der Waals surface area contributed by atoms with Crippen LogP contribution >= 0.6 is 11.3 Å². The maximum atomic E-state index is 5.59. The van der Waals surface area contributed by atoms with Gasteiger partial charge >= 0.3 is 0 Å². The molecule has 1 unspecified atom stereocenters. The van der Waals surface area contributed by atoms with Gasteiger partial charge in [-0.1, -0.05) is 30.3 Å². The highest BCUT2D eigenvalue weighted by Gasteiger charge is 2.08. The Balaban J connectivity index is 1.96. The van der Waals surface area contributed by atoms with Crippen molar-refractivity contribution < 1.29 is 0 Å². The van der Waals surface area contributed by atoms with Crippen molar-refractivity contribution in [3.05, 3.63) is 58.3 Å². The smallest absolute Gasteiger partial charge is 0.0291 e. The van der Waals surface area contributed by atoms with E-state index in [-0.39, 0.29) is 0 Å². The Hall–Kier alpha value is -1.16. The minimum Gasteiger partial charge on any atom is -0.271 e. The van der Waals surface area contributed by atoms with Crippen molar-refractivity contribution in [3.8, 4) is 0 Å². The lowest BCUT2D eigenvalue weighted by Crippen LogP contribution is -2.38. The Morgan fingerprint density at radius 1 is 1.06 bits per heavy atom. The van der Waals surface area contributed by atoms with Crippen LogP contribution < -0.4 is 11.3 Å². The molecule has 1 heterocycles. The van der Waals surface area contributed by atoms with E-state index in [0.29, 0.717) is 6.04 Å². The summed E-state index contributed by atoms with van der Waals surface area (Å²) >= 11 is 1.73. The molecule has 0 saturated heterocycles. The molecule has 16 heavy (non-hydrogen) atoms. The molecule has 1 atom stereocenters. The standard InChI is InChI=1S/C13H16N2S/c14-15-13(9-12-6-7-16-10-12)8-11-4-2-1-3-5-11/h1-7,10,13,15H,8-9,14H2. The highest BCUT2D eigenvalue weighted by atomic mass is 32.1. The number of rotatable bonds is 5. The SMILES string of the molecule is NNC(Cc1ccccc1)Cc1ccsc1. The molecule has 84 valence electrons. The number of nitrogens with two attached hydrogens (primary N) is 1. The number of hydrazine groups is 1. The van der Waals surface area contributed by atoms with Crippen molar-refractivity contribution in [2.75, 3.05) is 0 Å². The fourth-order valence-electron chi connectivity index (χ4n) is 1.78. The molecule has 0 aliphatic carbocycles. The second-order valence-electron chi connectivity index (χ2n) is 3.89. The Morgan fingerprint density at radius 2 is 1.81 bits per heavy atom. The quantitative estimate of drug-likeness (QED) is 0.613. The van der Waals surface area contributed by atoms with Gasteiger partial charge in [0.1, 0.15) is 0 Å². The van der Waals surface area contributed by atoms with Gasteiger partial charge in [-0.2, -0.15) is 11.3 Å². The molecule has 2 rings (SSSR count).